The topological polar surface area (TPSA) is 139 Å². The van der Waals surface area contributed by atoms with Crippen LogP contribution >= 0.6 is 0 Å². The zero-order chi connectivity index (χ0) is 21.0. The average Bonchev–Trinajstić information content (AvgIpc) is 3.16. The Morgan fingerprint density at radius 2 is 1.97 bits per heavy atom. The number of rotatable bonds is 6. The molecular weight excluding hydrogens is 372 g/mol. The quantitative estimate of drug-likeness (QED) is 0.195. The Morgan fingerprint density at radius 1 is 1.24 bits per heavy atom. The molecule has 0 unspecified atom stereocenters. The number of carbonyl (C=O) groups excluding carboxylic acids is 1. The predicted octanol–water partition coefficient (Wildman–Crippen LogP) is 2.76. The second-order valence-corrected chi connectivity index (χ2v) is 6.40. The lowest BCUT2D eigenvalue weighted by Crippen LogP contribution is -2.27. The van der Waals surface area contributed by atoms with Gasteiger partial charge in [0.2, 0.25) is 5.96 Å². The Balaban J connectivity index is 1.75. The van der Waals surface area contributed by atoms with E-state index >= 15 is 0 Å². The number of non-ortho nitro benzene ring substituents is 1. The monoisotopic (exact) mass is 392 g/mol. The van der Waals surface area contributed by atoms with Crippen molar-refractivity contribution >= 4 is 34.0 Å². The van der Waals surface area contributed by atoms with Crippen LogP contribution in [0.5, 0.6) is 0 Å². The van der Waals surface area contributed by atoms with Crippen molar-refractivity contribution in [2.75, 3.05) is 7.05 Å². The highest BCUT2D eigenvalue weighted by atomic mass is 16.6. The van der Waals surface area contributed by atoms with Gasteiger partial charge in [0.05, 0.1) is 16.3 Å². The maximum atomic E-state index is 12.6. The van der Waals surface area contributed by atoms with Crippen LogP contribution in [-0.2, 0) is 6.42 Å². The summed E-state index contributed by atoms with van der Waals surface area (Å²) in [4.78, 5) is 30.0. The van der Waals surface area contributed by atoms with Crippen LogP contribution in [0.25, 0.3) is 10.9 Å². The summed E-state index contributed by atoms with van der Waals surface area (Å²) in [5.41, 5.74) is 11.2. The SMILES string of the molecule is CN=C(N)N/N=C(\C)c1ccc(CC(=O)c2cc3cccc([N+](=O)[O-])c3[nH]2)cc1. The second kappa shape index (κ2) is 8.34. The van der Waals surface area contributed by atoms with Crippen LogP contribution < -0.4 is 11.2 Å². The number of nitrogens with one attached hydrogen (secondary N) is 2. The van der Waals surface area contributed by atoms with Crippen LogP contribution in [0.4, 0.5) is 5.69 Å². The molecule has 0 atom stereocenters. The van der Waals surface area contributed by atoms with Gasteiger partial charge in [0.1, 0.15) is 5.52 Å². The number of Topliss-reactive ketones (excluding diaryl/α,β-unsaturated/α-hetero) is 1. The van der Waals surface area contributed by atoms with E-state index in [0.717, 1.165) is 16.8 Å². The van der Waals surface area contributed by atoms with E-state index in [9.17, 15) is 14.9 Å². The van der Waals surface area contributed by atoms with Gasteiger partial charge in [0, 0.05) is 24.9 Å². The molecule has 0 saturated carbocycles. The Labute approximate surface area is 166 Å². The molecule has 0 radical (unpaired) electrons. The number of ketones is 1. The lowest BCUT2D eigenvalue weighted by Gasteiger charge is -2.04. The molecule has 0 aliphatic carbocycles. The standard InChI is InChI=1S/C20H20N6O3/c1-12(24-25-20(21)22-2)14-8-6-13(7-9-14)10-18(27)16-11-15-4-3-5-17(26(28)29)19(15)23-16/h3-9,11,23H,10H2,1-2H3,(H3,21,22,25)/b24-12+. The number of nitro groups is 1. The highest BCUT2D eigenvalue weighted by molar-refractivity contribution is 6.02. The Bertz CT molecular complexity index is 1130. The summed E-state index contributed by atoms with van der Waals surface area (Å²) < 4.78 is 0. The van der Waals surface area contributed by atoms with Gasteiger partial charge < -0.3 is 10.7 Å². The van der Waals surface area contributed by atoms with Crippen molar-refractivity contribution in [3.8, 4) is 0 Å². The molecule has 29 heavy (non-hydrogen) atoms. The molecular formula is C20H20N6O3. The molecule has 148 valence electrons. The smallest absolute Gasteiger partial charge is 0.293 e. The van der Waals surface area contributed by atoms with Gasteiger partial charge in [-0.1, -0.05) is 36.4 Å². The molecule has 1 heterocycles. The van der Waals surface area contributed by atoms with Gasteiger partial charge >= 0.3 is 0 Å². The molecule has 0 aliphatic heterocycles. The van der Waals surface area contributed by atoms with Crippen LogP contribution in [0.2, 0.25) is 0 Å². The highest BCUT2D eigenvalue weighted by Gasteiger charge is 2.17. The van der Waals surface area contributed by atoms with Crippen molar-refractivity contribution in [1.29, 1.82) is 0 Å². The van der Waals surface area contributed by atoms with Gasteiger partial charge in [-0.3, -0.25) is 19.9 Å². The molecule has 3 rings (SSSR count). The summed E-state index contributed by atoms with van der Waals surface area (Å²) in [5, 5.41) is 15.9. The van der Waals surface area contributed by atoms with Crippen molar-refractivity contribution in [2.45, 2.75) is 13.3 Å². The number of hydrazone groups is 1. The van der Waals surface area contributed by atoms with Crippen molar-refractivity contribution in [3.63, 3.8) is 0 Å². The first kappa shape index (κ1) is 19.7. The fourth-order valence-electron chi connectivity index (χ4n) is 2.84. The maximum absolute atomic E-state index is 12.6. The Morgan fingerprint density at radius 3 is 2.62 bits per heavy atom. The zero-order valence-electron chi connectivity index (χ0n) is 16.0. The summed E-state index contributed by atoms with van der Waals surface area (Å²) in [7, 11) is 1.56. The van der Waals surface area contributed by atoms with Crippen LogP contribution in [0.3, 0.4) is 0 Å². The van der Waals surface area contributed by atoms with E-state index in [1.165, 1.54) is 6.07 Å². The number of carbonyl (C=O) groups is 1. The first-order valence-electron chi connectivity index (χ1n) is 8.80. The Kier molecular flexibility index (Phi) is 5.68. The third kappa shape index (κ3) is 4.46. The number of H-pyrrole nitrogens is 1. The molecule has 0 amide bonds. The average molecular weight is 392 g/mol. The molecule has 4 N–H and O–H groups in total. The summed E-state index contributed by atoms with van der Waals surface area (Å²) in [5.74, 6) is 0.0624. The molecule has 0 fully saturated rings. The number of para-hydroxylation sites is 1. The van der Waals surface area contributed by atoms with E-state index in [-0.39, 0.29) is 23.9 Å². The number of hydrogen-bond donors (Lipinski definition) is 3. The number of nitrogens with zero attached hydrogens (tertiary/aromatic N) is 3. The third-order valence-electron chi connectivity index (χ3n) is 4.45. The number of benzene rings is 2. The number of aliphatic imine (C=N–C) groups is 1. The third-order valence-corrected chi connectivity index (χ3v) is 4.45. The summed E-state index contributed by atoms with van der Waals surface area (Å²) in [6.07, 6.45) is 0.171. The number of hydrogen-bond acceptors (Lipinski definition) is 5. The lowest BCUT2D eigenvalue weighted by molar-refractivity contribution is -0.383. The van der Waals surface area contributed by atoms with Crippen LogP contribution in [0, 0.1) is 10.1 Å². The van der Waals surface area contributed by atoms with Gasteiger partial charge in [-0.25, -0.2) is 5.43 Å². The fourth-order valence-corrected chi connectivity index (χ4v) is 2.84. The van der Waals surface area contributed by atoms with Crippen LogP contribution in [0.15, 0.2) is 58.6 Å². The summed E-state index contributed by atoms with van der Waals surface area (Å²) in [6, 6.07) is 13.8. The molecule has 1 aromatic heterocycles. The largest absolute Gasteiger partial charge is 0.369 e. The van der Waals surface area contributed by atoms with Crippen LogP contribution in [-0.4, -0.2) is 34.4 Å². The van der Waals surface area contributed by atoms with E-state index in [4.69, 9.17) is 5.73 Å². The number of aromatic nitrogens is 1. The lowest BCUT2D eigenvalue weighted by atomic mass is 10.0. The van der Waals surface area contributed by atoms with Gasteiger partial charge in [-0.2, -0.15) is 5.10 Å². The van der Waals surface area contributed by atoms with Gasteiger partial charge in [0.25, 0.3) is 5.69 Å². The number of guanidine groups is 1. The van der Waals surface area contributed by atoms with Crippen molar-refractivity contribution < 1.29 is 9.72 Å². The first-order chi connectivity index (χ1) is 13.9. The minimum absolute atomic E-state index is 0.0528. The van der Waals surface area contributed by atoms with Crippen molar-refractivity contribution in [3.05, 3.63) is 75.5 Å². The van der Waals surface area contributed by atoms with Gasteiger partial charge in [-0.15, -0.1) is 0 Å². The van der Waals surface area contributed by atoms with Crippen molar-refractivity contribution in [1.82, 2.24) is 10.4 Å². The van der Waals surface area contributed by atoms with Gasteiger partial charge in [0.15, 0.2) is 5.78 Å². The normalized spacial score (nSPS) is 12.2. The zero-order valence-corrected chi connectivity index (χ0v) is 16.0. The predicted molar refractivity (Wildman–Crippen MR) is 112 cm³/mol. The molecule has 9 nitrogen and oxygen atoms in total. The number of aromatic amines is 1. The minimum atomic E-state index is -0.468. The summed E-state index contributed by atoms with van der Waals surface area (Å²) >= 11 is 0. The second-order valence-electron chi connectivity index (χ2n) is 6.40. The number of fused-ring (bicyclic) bond motifs is 1. The minimum Gasteiger partial charge on any atom is -0.369 e. The fraction of sp³-hybridized carbons (Fsp3) is 0.150. The molecule has 3 aromatic rings. The number of nitro benzene ring substituents is 1. The van der Waals surface area contributed by atoms with E-state index in [1.54, 1.807) is 25.2 Å². The summed E-state index contributed by atoms with van der Waals surface area (Å²) in [6.45, 7) is 1.83. The van der Waals surface area contributed by atoms with E-state index in [2.05, 4.69) is 20.5 Å². The van der Waals surface area contributed by atoms with Crippen LogP contribution in [0.1, 0.15) is 28.5 Å². The molecule has 0 aliphatic rings. The van der Waals surface area contributed by atoms with E-state index < -0.39 is 4.92 Å². The van der Waals surface area contributed by atoms with Crippen molar-refractivity contribution in [2.24, 2.45) is 15.8 Å². The Hall–Kier alpha value is -4.01. The maximum Gasteiger partial charge on any atom is 0.293 e. The van der Waals surface area contributed by atoms with Gasteiger partial charge in [-0.05, 0) is 24.1 Å². The molecule has 0 saturated heterocycles. The van der Waals surface area contributed by atoms with E-state index in [0.29, 0.717) is 16.6 Å². The van der Waals surface area contributed by atoms with E-state index in [1.807, 2.05) is 31.2 Å². The highest BCUT2D eigenvalue weighted by Crippen LogP contribution is 2.26. The number of nitrogens with two attached hydrogens (primary N) is 1. The molecule has 9 heteroatoms. The molecule has 0 bridgehead atoms. The molecule has 2 aromatic carbocycles. The first-order valence-corrected chi connectivity index (χ1v) is 8.80. The molecule has 0 spiro atoms.